The van der Waals surface area contributed by atoms with Crippen LogP contribution in [0.3, 0.4) is 0 Å². The van der Waals surface area contributed by atoms with Gasteiger partial charge in [0.25, 0.3) is 5.91 Å². The number of amidine groups is 1. The van der Waals surface area contributed by atoms with Crippen molar-refractivity contribution < 1.29 is 10.0 Å². The second-order valence-electron chi connectivity index (χ2n) is 3.70. The molecule has 1 aromatic rings. The topological polar surface area (TPSA) is 101 Å². The van der Waals surface area contributed by atoms with Crippen LogP contribution in [0.2, 0.25) is 0 Å². The highest BCUT2D eigenvalue weighted by Gasteiger charge is 2.05. The summed E-state index contributed by atoms with van der Waals surface area (Å²) in [7, 11) is 0. The van der Waals surface area contributed by atoms with Gasteiger partial charge in [0, 0.05) is 29.8 Å². The van der Waals surface area contributed by atoms with Crippen LogP contribution in [0.5, 0.6) is 0 Å². The molecule has 0 radical (unpaired) electrons. The van der Waals surface area contributed by atoms with Gasteiger partial charge in [-0.2, -0.15) is 0 Å². The lowest BCUT2D eigenvalue weighted by Crippen LogP contribution is -2.24. The Morgan fingerprint density at radius 2 is 2.28 bits per heavy atom. The van der Waals surface area contributed by atoms with Gasteiger partial charge in [-0.25, -0.2) is 0 Å². The van der Waals surface area contributed by atoms with Crippen molar-refractivity contribution in [3.63, 3.8) is 0 Å². The van der Waals surface area contributed by atoms with Crippen LogP contribution >= 0.6 is 15.9 Å². The van der Waals surface area contributed by atoms with E-state index in [4.69, 9.17) is 10.9 Å². The number of aromatic nitrogens is 1. The van der Waals surface area contributed by atoms with E-state index in [0.717, 1.165) is 17.3 Å². The van der Waals surface area contributed by atoms with E-state index in [1.807, 2.05) is 0 Å². The number of oxime groups is 1. The van der Waals surface area contributed by atoms with E-state index in [1.165, 1.54) is 6.20 Å². The van der Waals surface area contributed by atoms with Crippen LogP contribution in [0.25, 0.3) is 0 Å². The first-order valence-corrected chi connectivity index (χ1v) is 6.28. The van der Waals surface area contributed by atoms with Gasteiger partial charge in [0.15, 0.2) is 0 Å². The van der Waals surface area contributed by atoms with Gasteiger partial charge in [-0.05, 0) is 34.8 Å². The van der Waals surface area contributed by atoms with Crippen molar-refractivity contribution in [1.82, 2.24) is 10.3 Å². The molecule has 1 amide bonds. The molecule has 0 atom stereocenters. The van der Waals surface area contributed by atoms with Crippen LogP contribution in [0.15, 0.2) is 28.1 Å². The lowest BCUT2D eigenvalue weighted by atomic mass is 10.2. The van der Waals surface area contributed by atoms with Gasteiger partial charge in [0.05, 0.1) is 5.56 Å². The lowest BCUT2D eigenvalue weighted by molar-refractivity contribution is 0.0952. The van der Waals surface area contributed by atoms with Gasteiger partial charge in [0.1, 0.15) is 5.84 Å². The molecule has 1 heterocycles. The molecule has 7 heteroatoms. The van der Waals surface area contributed by atoms with Crippen LogP contribution in [0.4, 0.5) is 0 Å². The minimum Gasteiger partial charge on any atom is -0.409 e. The summed E-state index contributed by atoms with van der Waals surface area (Å²) in [5.41, 5.74) is 5.84. The van der Waals surface area contributed by atoms with Gasteiger partial charge in [-0.15, -0.1) is 0 Å². The molecule has 98 valence electrons. The number of nitrogens with two attached hydrogens (primary N) is 1. The van der Waals surface area contributed by atoms with Gasteiger partial charge in [-0.3, -0.25) is 9.78 Å². The molecule has 0 bridgehead atoms. The monoisotopic (exact) mass is 314 g/mol. The molecule has 0 aliphatic carbocycles. The summed E-state index contributed by atoms with van der Waals surface area (Å²) in [6.07, 6.45) is 5.17. The molecule has 0 aliphatic rings. The van der Waals surface area contributed by atoms with Crippen molar-refractivity contribution >= 4 is 27.7 Å². The Labute approximate surface area is 113 Å². The minimum absolute atomic E-state index is 0.160. The number of hydrogen-bond donors (Lipinski definition) is 3. The fourth-order valence-electron chi connectivity index (χ4n) is 1.32. The van der Waals surface area contributed by atoms with E-state index in [0.29, 0.717) is 18.5 Å². The fraction of sp³-hybridized carbons (Fsp3) is 0.364. The van der Waals surface area contributed by atoms with Crippen molar-refractivity contribution in [2.45, 2.75) is 19.3 Å². The maximum atomic E-state index is 11.7. The van der Waals surface area contributed by atoms with Gasteiger partial charge >= 0.3 is 0 Å². The number of nitrogens with zero attached hydrogens (tertiary/aromatic N) is 2. The lowest BCUT2D eigenvalue weighted by Gasteiger charge is -2.05. The number of hydrogen-bond acceptors (Lipinski definition) is 4. The molecule has 0 saturated carbocycles. The van der Waals surface area contributed by atoms with E-state index in [-0.39, 0.29) is 11.7 Å². The van der Waals surface area contributed by atoms with Crippen LogP contribution in [0, 0.1) is 0 Å². The summed E-state index contributed by atoms with van der Waals surface area (Å²) in [5.74, 6) is 0.0464. The third kappa shape index (κ3) is 5.13. The number of carbonyl (C=O) groups is 1. The number of rotatable bonds is 6. The van der Waals surface area contributed by atoms with Crippen LogP contribution in [-0.2, 0) is 0 Å². The Hall–Kier alpha value is -1.63. The zero-order chi connectivity index (χ0) is 13.4. The molecular formula is C11H15BrN4O2. The third-order valence-corrected chi connectivity index (χ3v) is 2.67. The molecule has 18 heavy (non-hydrogen) atoms. The van der Waals surface area contributed by atoms with Crippen LogP contribution in [-0.4, -0.2) is 28.5 Å². The first-order chi connectivity index (χ1) is 8.63. The molecule has 6 nitrogen and oxygen atoms in total. The van der Waals surface area contributed by atoms with Crippen LogP contribution < -0.4 is 11.1 Å². The molecule has 4 N–H and O–H groups in total. The molecule has 0 aromatic carbocycles. The number of pyridine rings is 1. The first kappa shape index (κ1) is 14.4. The predicted octanol–water partition coefficient (Wildman–Crippen LogP) is 1.49. The molecule has 0 saturated heterocycles. The molecule has 0 fully saturated rings. The van der Waals surface area contributed by atoms with Crippen molar-refractivity contribution in [2.24, 2.45) is 10.9 Å². The molecule has 1 aromatic heterocycles. The standard InChI is InChI=1S/C11H15BrN4O2/c12-9-5-8(6-14-7-9)11(17)15-4-2-1-3-10(13)16-18/h5-7,18H,1-4H2,(H2,13,16)(H,15,17). The average Bonchev–Trinajstić information content (AvgIpc) is 2.37. The van der Waals surface area contributed by atoms with Gasteiger partial charge in [-0.1, -0.05) is 5.16 Å². The van der Waals surface area contributed by atoms with Crippen molar-refractivity contribution in [2.75, 3.05) is 6.54 Å². The van der Waals surface area contributed by atoms with Crippen LogP contribution in [0.1, 0.15) is 29.6 Å². The van der Waals surface area contributed by atoms with Gasteiger partial charge in [0.2, 0.25) is 0 Å². The van der Waals surface area contributed by atoms with E-state index in [9.17, 15) is 4.79 Å². The Kier molecular flexibility index (Phi) is 6.13. The Balaban J connectivity index is 2.26. The predicted molar refractivity (Wildman–Crippen MR) is 71.5 cm³/mol. The summed E-state index contributed by atoms with van der Waals surface area (Å²) < 4.78 is 0.766. The van der Waals surface area contributed by atoms with E-state index < -0.39 is 0 Å². The maximum Gasteiger partial charge on any atom is 0.252 e. The number of unbranched alkanes of at least 4 members (excludes halogenated alkanes) is 1. The van der Waals surface area contributed by atoms with Crippen molar-refractivity contribution in [3.8, 4) is 0 Å². The Morgan fingerprint density at radius 1 is 1.50 bits per heavy atom. The smallest absolute Gasteiger partial charge is 0.252 e. The van der Waals surface area contributed by atoms with E-state index in [1.54, 1.807) is 12.3 Å². The third-order valence-electron chi connectivity index (χ3n) is 2.24. The summed E-state index contributed by atoms with van der Waals surface area (Å²) in [4.78, 5) is 15.6. The number of nitrogens with one attached hydrogen (secondary N) is 1. The Morgan fingerprint density at radius 3 is 2.94 bits per heavy atom. The number of halogens is 1. The molecule has 0 unspecified atom stereocenters. The minimum atomic E-state index is -0.160. The fourth-order valence-corrected chi connectivity index (χ4v) is 1.69. The van der Waals surface area contributed by atoms with E-state index in [2.05, 4.69) is 31.4 Å². The summed E-state index contributed by atoms with van der Waals surface area (Å²) >= 11 is 3.25. The van der Waals surface area contributed by atoms with E-state index >= 15 is 0 Å². The Bertz CT molecular complexity index is 437. The molecule has 0 aliphatic heterocycles. The summed E-state index contributed by atoms with van der Waals surface area (Å²) in [6.45, 7) is 0.546. The highest BCUT2D eigenvalue weighted by molar-refractivity contribution is 9.10. The maximum absolute atomic E-state index is 11.7. The summed E-state index contributed by atoms with van der Waals surface area (Å²) in [5, 5.41) is 14.0. The summed E-state index contributed by atoms with van der Waals surface area (Å²) in [6, 6.07) is 1.71. The zero-order valence-corrected chi connectivity index (χ0v) is 11.4. The average molecular weight is 315 g/mol. The molecule has 1 rings (SSSR count). The first-order valence-electron chi connectivity index (χ1n) is 5.48. The second kappa shape index (κ2) is 7.65. The highest BCUT2D eigenvalue weighted by atomic mass is 79.9. The normalized spacial score (nSPS) is 11.3. The van der Waals surface area contributed by atoms with Crippen molar-refractivity contribution in [3.05, 3.63) is 28.5 Å². The number of amides is 1. The molecule has 0 spiro atoms. The van der Waals surface area contributed by atoms with Gasteiger partial charge < -0.3 is 16.3 Å². The zero-order valence-electron chi connectivity index (χ0n) is 9.77. The quantitative estimate of drug-likeness (QED) is 0.243. The second-order valence-corrected chi connectivity index (χ2v) is 4.61. The number of carbonyl (C=O) groups excluding carboxylic acids is 1. The SMILES string of the molecule is NC(CCCCNC(=O)c1cncc(Br)c1)=NO. The van der Waals surface area contributed by atoms with Crippen molar-refractivity contribution in [1.29, 1.82) is 0 Å². The largest absolute Gasteiger partial charge is 0.409 e. The molecular weight excluding hydrogens is 300 g/mol. The highest BCUT2D eigenvalue weighted by Crippen LogP contribution is 2.09.